The minimum atomic E-state index is -0.438. The minimum absolute atomic E-state index is 0.126. The standard InChI is InChI=1S/C13H24N4O2/c1-13(2)10-7-15-6-9(10)8-17(13)5-4-11(18)16-12(19)14-3/h9-10,15H,4-8H2,1-3H3,(H2,14,16,18,19). The van der Waals surface area contributed by atoms with Gasteiger partial charge in [0.1, 0.15) is 0 Å². The summed E-state index contributed by atoms with van der Waals surface area (Å²) in [5, 5.41) is 8.12. The van der Waals surface area contributed by atoms with Crippen molar-refractivity contribution in [3.63, 3.8) is 0 Å². The Morgan fingerprint density at radius 2 is 2.11 bits per heavy atom. The van der Waals surface area contributed by atoms with Crippen LogP contribution >= 0.6 is 0 Å². The molecule has 0 aromatic carbocycles. The van der Waals surface area contributed by atoms with Crippen molar-refractivity contribution in [2.75, 3.05) is 33.2 Å². The Morgan fingerprint density at radius 1 is 1.37 bits per heavy atom. The molecule has 2 heterocycles. The third kappa shape index (κ3) is 2.90. The Balaban J connectivity index is 1.83. The lowest BCUT2D eigenvalue weighted by Gasteiger charge is -2.35. The molecule has 0 spiro atoms. The zero-order valence-corrected chi connectivity index (χ0v) is 12.0. The Bertz CT molecular complexity index is 370. The Kier molecular flexibility index (Phi) is 4.10. The lowest BCUT2D eigenvalue weighted by Crippen LogP contribution is -2.46. The van der Waals surface area contributed by atoms with Crippen LogP contribution in [-0.2, 0) is 4.79 Å². The van der Waals surface area contributed by atoms with Gasteiger partial charge in [0.15, 0.2) is 0 Å². The second-order valence-corrected chi connectivity index (χ2v) is 6.00. The molecular weight excluding hydrogens is 244 g/mol. The molecule has 2 fully saturated rings. The van der Waals surface area contributed by atoms with E-state index < -0.39 is 6.03 Å². The first-order chi connectivity index (χ1) is 8.95. The van der Waals surface area contributed by atoms with E-state index in [9.17, 15) is 9.59 Å². The molecule has 108 valence electrons. The number of likely N-dealkylation sites (tertiary alicyclic amines) is 1. The summed E-state index contributed by atoms with van der Waals surface area (Å²) in [5.41, 5.74) is 0.126. The average Bonchev–Trinajstić information content (AvgIpc) is 2.90. The molecule has 3 N–H and O–H groups in total. The first kappa shape index (κ1) is 14.3. The summed E-state index contributed by atoms with van der Waals surface area (Å²) in [6.45, 7) is 8.40. The second-order valence-electron chi connectivity index (χ2n) is 6.00. The number of nitrogens with one attached hydrogen (secondary N) is 3. The number of hydrogen-bond acceptors (Lipinski definition) is 4. The van der Waals surface area contributed by atoms with Gasteiger partial charge in [-0.25, -0.2) is 4.79 Å². The molecular formula is C13H24N4O2. The zero-order valence-electron chi connectivity index (χ0n) is 12.0. The van der Waals surface area contributed by atoms with E-state index in [4.69, 9.17) is 0 Å². The third-order valence-corrected chi connectivity index (χ3v) is 4.61. The molecule has 2 aliphatic rings. The Morgan fingerprint density at radius 3 is 2.74 bits per heavy atom. The number of rotatable bonds is 3. The van der Waals surface area contributed by atoms with Crippen LogP contribution in [0.4, 0.5) is 4.79 Å². The van der Waals surface area contributed by atoms with Crippen LogP contribution in [0.1, 0.15) is 20.3 Å². The summed E-state index contributed by atoms with van der Waals surface area (Å²) >= 11 is 0. The average molecular weight is 268 g/mol. The number of nitrogens with zero attached hydrogens (tertiary/aromatic N) is 1. The minimum Gasteiger partial charge on any atom is -0.341 e. The van der Waals surface area contributed by atoms with E-state index in [0.717, 1.165) is 19.6 Å². The molecule has 0 aromatic heterocycles. The molecule has 2 saturated heterocycles. The SMILES string of the molecule is CNC(=O)NC(=O)CCN1CC2CNCC2C1(C)C. The second kappa shape index (κ2) is 5.46. The van der Waals surface area contributed by atoms with Crippen molar-refractivity contribution in [1.82, 2.24) is 20.9 Å². The monoisotopic (exact) mass is 268 g/mol. The molecule has 2 atom stereocenters. The zero-order chi connectivity index (χ0) is 14.0. The molecule has 0 radical (unpaired) electrons. The highest BCUT2D eigenvalue weighted by Gasteiger charge is 2.49. The summed E-state index contributed by atoms with van der Waals surface area (Å²) in [5.74, 6) is 1.14. The molecule has 2 aliphatic heterocycles. The van der Waals surface area contributed by atoms with E-state index >= 15 is 0 Å². The van der Waals surface area contributed by atoms with E-state index in [0.29, 0.717) is 24.8 Å². The van der Waals surface area contributed by atoms with Crippen LogP contribution in [-0.4, -0.2) is 55.6 Å². The first-order valence-electron chi connectivity index (χ1n) is 6.92. The van der Waals surface area contributed by atoms with Gasteiger partial charge in [0, 0.05) is 38.6 Å². The largest absolute Gasteiger partial charge is 0.341 e. The highest BCUT2D eigenvalue weighted by molar-refractivity contribution is 5.94. The number of amides is 3. The van der Waals surface area contributed by atoms with Crippen molar-refractivity contribution in [2.45, 2.75) is 25.8 Å². The van der Waals surface area contributed by atoms with Gasteiger partial charge in [0.2, 0.25) is 5.91 Å². The van der Waals surface area contributed by atoms with Gasteiger partial charge in [-0.1, -0.05) is 0 Å². The highest BCUT2D eigenvalue weighted by atomic mass is 16.2. The van der Waals surface area contributed by atoms with Crippen molar-refractivity contribution in [1.29, 1.82) is 0 Å². The number of fused-ring (bicyclic) bond motifs is 1. The van der Waals surface area contributed by atoms with Gasteiger partial charge in [-0.15, -0.1) is 0 Å². The van der Waals surface area contributed by atoms with Crippen molar-refractivity contribution in [2.24, 2.45) is 11.8 Å². The third-order valence-electron chi connectivity index (χ3n) is 4.61. The Labute approximate surface area is 114 Å². The van der Waals surface area contributed by atoms with Crippen LogP contribution in [0.25, 0.3) is 0 Å². The topological polar surface area (TPSA) is 73.5 Å². The number of carbonyl (C=O) groups is 2. The summed E-state index contributed by atoms with van der Waals surface area (Å²) < 4.78 is 0. The van der Waals surface area contributed by atoms with Crippen LogP contribution < -0.4 is 16.0 Å². The predicted molar refractivity (Wildman–Crippen MR) is 72.7 cm³/mol. The fourth-order valence-electron chi connectivity index (χ4n) is 3.37. The number of imide groups is 1. The van der Waals surface area contributed by atoms with Crippen molar-refractivity contribution in [3.8, 4) is 0 Å². The van der Waals surface area contributed by atoms with Gasteiger partial charge in [0.25, 0.3) is 0 Å². The molecule has 0 saturated carbocycles. The van der Waals surface area contributed by atoms with E-state index in [2.05, 4.69) is 34.7 Å². The summed E-state index contributed by atoms with van der Waals surface area (Å²) in [4.78, 5) is 25.0. The molecule has 0 aromatic rings. The van der Waals surface area contributed by atoms with Gasteiger partial charge in [-0.2, -0.15) is 0 Å². The van der Waals surface area contributed by atoms with Crippen molar-refractivity contribution in [3.05, 3.63) is 0 Å². The molecule has 2 rings (SSSR count). The smallest absolute Gasteiger partial charge is 0.321 e. The predicted octanol–water partition coefficient (Wildman–Crippen LogP) is -0.238. The van der Waals surface area contributed by atoms with Crippen molar-refractivity contribution >= 4 is 11.9 Å². The lowest BCUT2D eigenvalue weighted by atomic mass is 9.85. The fraction of sp³-hybridized carbons (Fsp3) is 0.846. The van der Waals surface area contributed by atoms with Crippen LogP contribution in [0.15, 0.2) is 0 Å². The summed E-state index contributed by atoms with van der Waals surface area (Å²) in [6, 6.07) is -0.438. The number of hydrogen-bond donors (Lipinski definition) is 3. The summed E-state index contributed by atoms with van der Waals surface area (Å²) in [6.07, 6.45) is 0.365. The highest BCUT2D eigenvalue weighted by Crippen LogP contribution is 2.40. The lowest BCUT2D eigenvalue weighted by molar-refractivity contribution is -0.120. The van der Waals surface area contributed by atoms with Gasteiger partial charge in [-0.05, 0) is 32.2 Å². The molecule has 6 heteroatoms. The van der Waals surface area contributed by atoms with Gasteiger partial charge in [0.05, 0.1) is 0 Å². The number of urea groups is 1. The Hall–Kier alpha value is -1.14. The normalized spacial score (nSPS) is 29.0. The van der Waals surface area contributed by atoms with Gasteiger partial charge >= 0.3 is 6.03 Å². The van der Waals surface area contributed by atoms with Crippen LogP contribution in [0.2, 0.25) is 0 Å². The molecule has 19 heavy (non-hydrogen) atoms. The maximum Gasteiger partial charge on any atom is 0.321 e. The van der Waals surface area contributed by atoms with Gasteiger partial charge < -0.3 is 10.6 Å². The fourth-order valence-corrected chi connectivity index (χ4v) is 3.37. The van der Waals surface area contributed by atoms with E-state index in [-0.39, 0.29) is 11.4 Å². The molecule has 0 aliphatic carbocycles. The maximum atomic E-state index is 11.6. The molecule has 2 unspecified atom stereocenters. The molecule has 0 bridgehead atoms. The maximum absolute atomic E-state index is 11.6. The first-order valence-corrected chi connectivity index (χ1v) is 6.92. The van der Waals surface area contributed by atoms with Crippen LogP contribution in [0.3, 0.4) is 0 Å². The van der Waals surface area contributed by atoms with Gasteiger partial charge in [-0.3, -0.25) is 15.0 Å². The van der Waals surface area contributed by atoms with Crippen molar-refractivity contribution < 1.29 is 9.59 Å². The number of carbonyl (C=O) groups excluding carboxylic acids is 2. The van der Waals surface area contributed by atoms with E-state index in [1.807, 2.05) is 0 Å². The van der Waals surface area contributed by atoms with Crippen LogP contribution in [0.5, 0.6) is 0 Å². The molecule has 6 nitrogen and oxygen atoms in total. The summed E-state index contributed by atoms with van der Waals surface area (Å²) in [7, 11) is 1.50. The van der Waals surface area contributed by atoms with Crippen LogP contribution in [0, 0.1) is 11.8 Å². The van der Waals surface area contributed by atoms with E-state index in [1.54, 1.807) is 0 Å². The van der Waals surface area contributed by atoms with E-state index in [1.165, 1.54) is 7.05 Å². The quantitative estimate of drug-likeness (QED) is 0.660. The molecule has 3 amide bonds.